The summed E-state index contributed by atoms with van der Waals surface area (Å²) >= 11 is 1.45. The first-order chi connectivity index (χ1) is 11.3. The molecule has 23 heavy (non-hydrogen) atoms. The molecular weight excluding hydrogens is 313 g/mol. The maximum Gasteiger partial charge on any atom is 0.168 e. The Hall–Kier alpha value is -2.18. The van der Waals surface area contributed by atoms with E-state index in [-0.39, 0.29) is 12.4 Å². The summed E-state index contributed by atoms with van der Waals surface area (Å²) in [6, 6.07) is 10.6. The molecule has 6 heteroatoms. The van der Waals surface area contributed by atoms with Gasteiger partial charge < -0.3 is 9.67 Å². The van der Waals surface area contributed by atoms with E-state index in [1.165, 1.54) is 17.8 Å². The standard InChI is InChI=1S/C17H16FN3OS/c18-16-4-2-1-3-14(16)12-23-17-20-9-15(11-22)21(17)10-13-5-7-19-8-6-13/h1-9,22H,10-12H2. The average Bonchev–Trinajstić information content (AvgIpc) is 2.97. The van der Waals surface area contributed by atoms with Crippen molar-refractivity contribution in [3.8, 4) is 0 Å². The third-order valence-corrected chi connectivity index (χ3v) is 4.51. The first-order valence-electron chi connectivity index (χ1n) is 7.18. The third kappa shape index (κ3) is 3.78. The molecule has 0 fully saturated rings. The minimum Gasteiger partial charge on any atom is -0.390 e. The molecule has 0 saturated carbocycles. The van der Waals surface area contributed by atoms with Crippen LogP contribution in [-0.2, 0) is 18.9 Å². The molecule has 0 amide bonds. The molecule has 1 aromatic carbocycles. The van der Waals surface area contributed by atoms with Gasteiger partial charge >= 0.3 is 0 Å². The molecule has 0 saturated heterocycles. The van der Waals surface area contributed by atoms with E-state index in [0.29, 0.717) is 17.9 Å². The van der Waals surface area contributed by atoms with E-state index < -0.39 is 0 Å². The van der Waals surface area contributed by atoms with E-state index in [9.17, 15) is 9.50 Å². The van der Waals surface area contributed by atoms with Crippen LogP contribution in [0.25, 0.3) is 0 Å². The van der Waals surface area contributed by atoms with Gasteiger partial charge in [0.05, 0.1) is 25.0 Å². The number of hydrogen-bond acceptors (Lipinski definition) is 4. The third-order valence-electron chi connectivity index (χ3n) is 3.47. The van der Waals surface area contributed by atoms with Gasteiger partial charge in [-0.1, -0.05) is 30.0 Å². The van der Waals surface area contributed by atoms with Crippen molar-refractivity contribution >= 4 is 11.8 Å². The molecule has 0 spiro atoms. The van der Waals surface area contributed by atoms with E-state index in [1.54, 1.807) is 30.7 Å². The van der Waals surface area contributed by atoms with Crippen LogP contribution in [0.3, 0.4) is 0 Å². The van der Waals surface area contributed by atoms with Gasteiger partial charge in [-0.3, -0.25) is 4.98 Å². The zero-order valence-corrected chi connectivity index (χ0v) is 13.2. The summed E-state index contributed by atoms with van der Waals surface area (Å²) in [4.78, 5) is 8.36. The second kappa shape index (κ2) is 7.39. The van der Waals surface area contributed by atoms with Gasteiger partial charge in [0.15, 0.2) is 5.16 Å². The van der Waals surface area contributed by atoms with Crippen LogP contribution in [0, 0.1) is 5.82 Å². The zero-order valence-electron chi connectivity index (χ0n) is 12.4. The summed E-state index contributed by atoms with van der Waals surface area (Å²) in [6.07, 6.45) is 5.12. The van der Waals surface area contributed by atoms with Gasteiger partial charge in [0.25, 0.3) is 0 Å². The molecule has 0 aliphatic carbocycles. The number of benzene rings is 1. The molecule has 0 aliphatic rings. The van der Waals surface area contributed by atoms with Gasteiger partial charge in [-0.05, 0) is 29.3 Å². The lowest BCUT2D eigenvalue weighted by Crippen LogP contribution is -2.06. The molecule has 3 rings (SSSR count). The number of aliphatic hydroxyl groups is 1. The summed E-state index contributed by atoms with van der Waals surface area (Å²) < 4.78 is 15.7. The van der Waals surface area contributed by atoms with Crippen molar-refractivity contribution in [1.82, 2.24) is 14.5 Å². The number of hydrogen-bond donors (Lipinski definition) is 1. The maximum atomic E-state index is 13.7. The van der Waals surface area contributed by atoms with E-state index in [0.717, 1.165) is 16.4 Å². The molecule has 2 heterocycles. The highest BCUT2D eigenvalue weighted by molar-refractivity contribution is 7.98. The topological polar surface area (TPSA) is 50.9 Å². The van der Waals surface area contributed by atoms with Crippen molar-refractivity contribution in [3.05, 3.63) is 77.6 Å². The Morgan fingerprint density at radius 3 is 2.65 bits per heavy atom. The Balaban J connectivity index is 1.80. The molecule has 0 unspecified atom stereocenters. The fourth-order valence-electron chi connectivity index (χ4n) is 2.23. The second-order valence-corrected chi connectivity index (χ2v) is 5.95. The SMILES string of the molecule is OCc1cnc(SCc2ccccc2F)n1Cc1ccncc1. The highest BCUT2D eigenvalue weighted by Crippen LogP contribution is 2.25. The van der Waals surface area contributed by atoms with Gasteiger partial charge in [0, 0.05) is 18.1 Å². The van der Waals surface area contributed by atoms with Crippen molar-refractivity contribution in [1.29, 1.82) is 0 Å². The fraction of sp³-hybridized carbons (Fsp3) is 0.176. The van der Waals surface area contributed by atoms with Crippen molar-refractivity contribution in [2.45, 2.75) is 24.1 Å². The predicted octanol–water partition coefficient (Wildman–Crippen LogP) is 3.25. The van der Waals surface area contributed by atoms with Crippen molar-refractivity contribution in [3.63, 3.8) is 0 Å². The molecule has 0 bridgehead atoms. The number of halogens is 1. The van der Waals surface area contributed by atoms with Gasteiger partial charge in [0.1, 0.15) is 5.82 Å². The molecular formula is C17H16FN3OS. The molecule has 4 nitrogen and oxygen atoms in total. The highest BCUT2D eigenvalue weighted by Gasteiger charge is 2.12. The molecule has 0 radical (unpaired) electrons. The minimum atomic E-state index is -0.213. The number of aliphatic hydroxyl groups excluding tert-OH is 1. The summed E-state index contributed by atoms with van der Waals surface area (Å²) in [7, 11) is 0. The number of aromatic nitrogens is 3. The molecule has 118 valence electrons. The van der Waals surface area contributed by atoms with Gasteiger partial charge in [0.2, 0.25) is 0 Å². The lowest BCUT2D eigenvalue weighted by molar-refractivity contribution is 0.270. The minimum absolute atomic E-state index is 0.0850. The summed E-state index contributed by atoms with van der Waals surface area (Å²) in [6.45, 7) is 0.510. The van der Waals surface area contributed by atoms with Crippen LogP contribution in [-0.4, -0.2) is 19.6 Å². The van der Waals surface area contributed by atoms with E-state index >= 15 is 0 Å². The smallest absolute Gasteiger partial charge is 0.168 e. The molecule has 0 atom stereocenters. The Morgan fingerprint density at radius 1 is 1.13 bits per heavy atom. The Bertz CT molecular complexity index is 777. The second-order valence-electron chi connectivity index (χ2n) is 5.01. The summed E-state index contributed by atoms with van der Waals surface area (Å²) in [5, 5.41) is 10.3. The highest BCUT2D eigenvalue weighted by atomic mass is 32.2. The normalized spacial score (nSPS) is 10.9. The van der Waals surface area contributed by atoms with Gasteiger partial charge in [-0.15, -0.1) is 0 Å². The van der Waals surface area contributed by atoms with Gasteiger partial charge in [-0.2, -0.15) is 0 Å². The molecule has 1 N–H and O–H groups in total. The maximum absolute atomic E-state index is 13.7. The molecule has 3 aromatic rings. The lowest BCUT2D eigenvalue weighted by atomic mass is 10.2. The van der Waals surface area contributed by atoms with Crippen molar-refractivity contribution < 1.29 is 9.50 Å². The fourth-order valence-corrected chi connectivity index (χ4v) is 3.21. The number of nitrogens with zero attached hydrogens (tertiary/aromatic N) is 3. The first kappa shape index (κ1) is 15.7. The largest absolute Gasteiger partial charge is 0.390 e. The number of thioether (sulfide) groups is 1. The van der Waals surface area contributed by atoms with E-state index in [2.05, 4.69) is 9.97 Å². The van der Waals surface area contributed by atoms with Crippen molar-refractivity contribution in [2.24, 2.45) is 0 Å². The molecule has 0 aliphatic heterocycles. The van der Waals surface area contributed by atoms with E-state index in [4.69, 9.17) is 0 Å². The van der Waals surface area contributed by atoms with Crippen LogP contribution in [0.4, 0.5) is 4.39 Å². The number of imidazole rings is 1. The van der Waals surface area contributed by atoms with Gasteiger partial charge in [-0.25, -0.2) is 9.37 Å². The Labute approximate surface area is 138 Å². The first-order valence-corrected chi connectivity index (χ1v) is 8.17. The van der Waals surface area contributed by atoms with Crippen LogP contribution in [0.15, 0.2) is 60.1 Å². The Kier molecular flexibility index (Phi) is 5.05. The number of pyridine rings is 1. The monoisotopic (exact) mass is 329 g/mol. The molecule has 2 aromatic heterocycles. The Morgan fingerprint density at radius 2 is 1.91 bits per heavy atom. The summed E-state index contributed by atoms with van der Waals surface area (Å²) in [5.41, 5.74) is 2.44. The lowest BCUT2D eigenvalue weighted by Gasteiger charge is -2.11. The van der Waals surface area contributed by atoms with Crippen LogP contribution in [0.2, 0.25) is 0 Å². The number of rotatable bonds is 6. The predicted molar refractivity (Wildman–Crippen MR) is 87.4 cm³/mol. The van der Waals surface area contributed by atoms with Crippen LogP contribution >= 0.6 is 11.8 Å². The summed E-state index contributed by atoms with van der Waals surface area (Å²) in [5.74, 6) is 0.278. The van der Waals surface area contributed by atoms with Crippen LogP contribution in [0.1, 0.15) is 16.8 Å². The zero-order chi connectivity index (χ0) is 16.1. The van der Waals surface area contributed by atoms with Crippen LogP contribution < -0.4 is 0 Å². The van der Waals surface area contributed by atoms with E-state index in [1.807, 2.05) is 22.8 Å². The average molecular weight is 329 g/mol. The quantitative estimate of drug-likeness (QED) is 0.705. The van der Waals surface area contributed by atoms with Crippen molar-refractivity contribution in [2.75, 3.05) is 0 Å². The van der Waals surface area contributed by atoms with Crippen LogP contribution in [0.5, 0.6) is 0 Å².